The molecule has 0 fully saturated rings. The first kappa shape index (κ1) is 16.1. The normalized spacial score (nSPS) is 11.4. The molecule has 0 heterocycles. The summed E-state index contributed by atoms with van der Waals surface area (Å²) in [6.45, 7) is 1.72. The maximum absolute atomic E-state index is 13.2. The van der Waals surface area contributed by atoms with Crippen molar-refractivity contribution < 1.29 is 12.8 Å². The van der Waals surface area contributed by atoms with Crippen LogP contribution in [0.5, 0.6) is 0 Å². The van der Waals surface area contributed by atoms with Crippen molar-refractivity contribution >= 4 is 48.9 Å². The van der Waals surface area contributed by atoms with E-state index >= 15 is 0 Å². The van der Waals surface area contributed by atoms with Crippen LogP contribution in [0, 0.1) is 12.7 Å². The lowest BCUT2D eigenvalue weighted by atomic mass is 10.2. The molecule has 4 nitrogen and oxygen atoms in total. The molecule has 0 spiro atoms. The van der Waals surface area contributed by atoms with Crippen molar-refractivity contribution in [2.45, 2.75) is 11.8 Å². The predicted octanol–water partition coefficient (Wildman–Crippen LogP) is 3.93. The van der Waals surface area contributed by atoms with E-state index in [2.05, 4.69) is 20.7 Å². The van der Waals surface area contributed by atoms with Gasteiger partial charge in [-0.2, -0.15) is 0 Å². The van der Waals surface area contributed by atoms with Gasteiger partial charge in [0.15, 0.2) is 0 Å². The summed E-state index contributed by atoms with van der Waals surface area (Å²) in [6.07, 6.45) is 0. The lowest BCUT2D eigenvalue weighted by Gasteiger charge is -2.12. The molecule has 0 unspecified atom stereocenters. The molecule has 0 aliphatic rings. The highest BCUT2D eigenvalue weighted by atomic mass is 79.9. The van der Waals surface area contributed by atoms with Crippen LogP contribution in [0.2, 0.25) is 5.02 Å². The molecule has 21 heavy (non-hydrogen) atoms. The van der Waals surface area contributed by atoms with E-state index in [1.165, 1.54) is 24.3 Å². The van der Waals surface area contributed by atoms with Gasteiger partial charge in [0.1, 0.15) is 10.7 Å². The zero-order valence-corrected chi connectivity index (χ0v) is 14.0. The van der Waals surface area contributed by atoms with Gasteiger partial charge in [-0.3, -0.25) is 4.72 Å². The zero-order chi connectivity index (χ0) is 15.8. The number of halogens is 3. The van der Waals surface area contributed by atoms with Crippen molar-refractivity contribution in [1.82, 2.24) is 0 Å². The average Bonchev–Trinajstić information content (AvgIpc) is 2.37. The second-order valence-corrected chi connectivity index (χ2v) is 7.28. The van der Waals surface area contributed by atoms with E-state index in [-0.39, 0.29) is 15.6 Å². The second-order valence-electron chi connectivity index (χ2n) is 4.37. The third-order valence-corrected chi connectivity index (χ3v) is 5.30. The SMILES string of the molecule is Cc1cc(Cl)c(S(=O)(=O)Nc2cc(F)ccc2Br)cc1N. The van der Waals surface area contributed by atoms with Crippen LogP contribution in [-0.2, 0) is 10.0 Å². The number of hydrogen-bond donors (Lipinski definition) is 2. The summed E-state index contributed by atoms with van der Waals surface area (Å²) < 4.78 is 40.6. The molecule has 2 rings (SSSR count). The number of aryl methyl sites for hydroxylation is 1. The van der Waals surface area contributed by atoms with Crippen LogP contribution in [0.3, 0.4) is 0 Å². The fraction of sp³-hybridized carbons (Fsp3) is 0.0769. The molecule has 0 saturated heterocycles. The van der Waals surface area contributed by atoms with Gasteiger partial charge in [-0.05, 0) is 58.7 Å². The van der Waals surface area contributed by atoms with Gasteiger partial charge in [0.2, 0.25) is 0 Å². The average molecular weight is 394 g/mol. The predicted molar refractivity (Wildman–Crippen MR) is 85.5 cm³/mol. The molecule has 112 valence electrons. The number of nitrogens with one attached hydrogen (secondary N) is 1. The van der Waals surface area contributed by atoms with Crippen LogP contribution in [0.1, 0.15) is 5.56 Å². The van der Waals surface area contributed by atoms with E-state index in [1.54, 1.807) is 6.92 Å². The van der Waals surface area contributed by atoms with Crippen LogP contribution in [0.15, 0.2) is 39.7 Å². The molecule has 0 aliphatic carbocycles. The molecule has 2 aromatic rings. The van der Waals surface area contributed by atoms with Crippen molar-refractivity contribution in [3.05, 3.63) is 51.2 Å². The molecule has 0 bridgehead atoms. The third-order valence-electron chi connectivity index (χ3n) is 2.78. The standard InChI is InChI=1S/C13H11BrClFN2O2S/c1-7-4-10(15)13(6-11(7)17)21(19,20)18-12-5-8(16)2-3-9(12)14/h2-6,18H,17H2,1H3. The number of sulfonamides is 1. The Morgan fingerprint density at radius 3 is 2.62 bits per heavy atom. The largest absolute Gasteiger partial charge is 0.398 e. The van der Waals surface area contributed by atoms with Crippen molar-refractivity contribution in [1.29, 1.82) is 0 Å². The van der Waals surface area contributed by atoms with Crippen LogP contribution in [0.4, 0.5) is 15.8 Å². The summed E-state index contributed by atoms with van der Waals surface area (Å²) in [4.78, 5) is -0.163. The van der Waals surface area contributed by atoms with Gasteiger partial charge in [-0.25, -0.2) is 12.8 Å². The molecule has 0 amide bonds. The number of rotatable bonds is 3. The van der Waals surface area contributed by atoms with Crippen LogP contribution in [-0.4, -0.2) is 8.42 Å². The molecular weight excluding hydrogens is 383 g/mol. The van der Waals surface area contributed by atoms with Crippen LogP contribution < -0.4 is 10.5 Å². The maximum atomic E-state index is 13.2. The lowest BCUT2D eigenvalue weighted by Crippen LogP contribution is -2.14. The van der Waals surface area contributed by atoms with Gasteiger partial charge in [0.05, 0.1) is 10.7 Å². The molecule has 0 aliphatic heterocycles. The first-order valence-electron chi connectivity index (χ1n) is 5.74. The third kappa shape index (κ3) is 3.48. The summed E-state index contributed by atoms with van der Waals surface area (Å²) in [7, 11) is -3.98. The highest BCUT2D eigenvalue weighted by Gasteiger charge is 2.20. The maximum Gasteiger partial charge on any atom is 0.263 e. The van der Waals surface area contributed by atoms with Gasteiger partial charge < -0.3 is 5.73 Å². The first-order chi connectivity index (χ1) is 9.70. The van der Waals surface area contributed by atoms with Gasteiger partial charge in [0.25, 0.3) is 10.0 Å². The Morgan fingerprint density at radius 1 is 1.29 bits per heavy atom. The molecule has 3 N–H and O–H groups in total. The van der Waals surface area contributed by atoms with Crippen LogP contribution >= 0.6 is 27.5 Å². The van der Waals surface area contributed by atoms with Gasteiger partial charge >= 0.3 is 0 Å². The van der Waals surface area contributed by atoms with Gasteiger partial charge in [0, 0.05) is 10.2 Å². The highest BCUT2D eigenvalue weighted by Crippen LogP contribution is 2.30. The quantitative estimate of drug-likeness (QED) is 0.776. The minimum Gasteiger partial charge on any atom is -0.398 e. The van der Waals surface area contributed by atoms with E-state index in [1.807, 2.05) is 0 Å². The number of nitrogens with two attached hydrogens (primary N) is 1. The summed E-state index contributed by atoms with van der Waals surface area (Å²) >= 11 is 9.11. The number of benzene rings is 2. The summed E-state index contributed by atoms with van der Waals surface area (Å²) in [5.41, 5.74) is 6.76. The van der Waals surface area contributed by atoms with Gasteiger partial charge in [-0.15, -0.1) is 0 Å². The lowest BCUT2D eigenvalue weighted by molar-refractivity contribution is 0.601. The minimum atomic E-state index is -3.98. The number of nitrogen functional groups attached to an aromatic ring is 1. The smallest absolute Gasteiger partial charge is 0.263 e. The second kappa shape index (κ2) is 5.82. The van der Waals surface area contributed by atoms with Crippen molar-refractivity contribution in [3.63, 3.8) is 0 Å². The Balaban J connectivity index is 2.48. The van der Waals surface area contributed by atoms with E-state index in [0.29, 0.717) is 15.7 Å². The topological polar surface area (TPSA) is 72.2 Å². The van der Waals surface area contributed by atoms with E-state index < -0.39 is 15.8 Å². The molecule has 0 saturated carbocycles. The fourth-order valence-corrected chi connectivity index (χ4v) is 3.82. The Morgan fingerprint density at radius 2 is 1.95 bits per heavy atom. The Hall–Kier alpha value is -1.31. The van der Waals surface area contributed by atoms with E-state index in [4.69, 9.17) is 17.3 Å². The van der Waals surface area contributed by atoms with E-state index in [9.17, 15) is 12.8 Å². The summed E-state index contributed by atoms with van der Waals surface area (Å²) in [5.74, 6) is -0.564. The van der Waals surface area contributed by atoms with Gasteiger partial charge in [-0.1, -0.05) is 11.6 Å². The van der Waals surface area contributed by atoms with E-state index in [0.717, 1.165) is 6.07 Å². The monoisotopic (exact) mass is 392 g/mol. The van der Waals surface area contributed by atoms with Crippen molar-refractivity contribution in [2.75, 3.05) is 10.5 Å². The Bertz CT molecular complexity index is 812. The minimum absolute atomic E-state index is 0.0433. The number of anilines is 2. The van der Waals surface area contributed by atoms with Crippen molar-refractivity contribution in [2.24, 2.45) is 0 Å². The fourth-order valence-electron chi connectivity index (χ4n) is 1.65. The van der Waals surface area contributed by atoms with Crippen LogP contribution in [0.25, 0.3) is 0 Å². The van der Waals surface area contributed by atoms with Crippen molar-refractivity contribution in [3.8, 4) is 0 Å². The first-order valence-corrected chi connectivity index (χ1v) is 8.39. The summed E-state index contributed by atoms with van der Waals surface area (Å²) in [5, 5.41) is 0.0433. The molecular formula is C13H11BrClFN2O2S. The Labute approximate surface area is 135 Å². The summed E-state index contributed by atoms with van der Waals surface area (Å²) in [6, 6.07) is 6.41. The molecule has 0 atom stereocenters. The number of hydrogen-bond acceptors (Lipinski definition) is 3. The zero-order valence-electron chi connectivity index (χ0n) is 10.8. The molecule has 0 radical (unpaired) electrons. The highest BCUT2D eigenvalue weighted by molar-refractivity contribution is 9.10. The molecule has 2 aromatic carbocycles. The molecule has 0 aromatic heterocycles. The molecule has 8 heteroatoms. The Kier molecular flexibility index (Phi) is 4.46.